The summed E-state index contributed by atoms with van der Waals surface area (Å²) >= 11 is 0. The zero-order chi connectivity index (χ0) is 14.1. The topological polar surface area (TPSA) is 49.4 Å². The van der Waals surface area contributed by atoms with Gasteiger partial charge in [-0.25, -0.2) is 8.42 Å². The Morgan fingerprint density at radius 3 is 2.60 bits per heavy atom. The molecular formula is C15H28N2O2S. The number of nitrogens with zero attached hydrogens (tertiary/aromatic N) is 1. The Labute approximate surface area is 123 Å². The highest BCUT2D eigenvalue weighted by atomic mass is 32.2. The van der Waals surface area contributed by atoms with Crippen molar-refractivity contribution in [1.29, 1.82) is 0 Å². The van der Waals surface area contributed by atoms with Gasteiger partial charge in [0.15, 0.2) is 9.84 Å². The van der Waals surface area contributed by atoms with Crippen LogP contribution in [0.1, 0.15) is 51.4 Å². The minimum Gasteiger partial charge on any atom is -0.310 e. The van der Waals surface area contributed by atoms with E-state index < -0.39 is 9.84 Å². The van der Waals surface area contributed by atoms with E-state index in [-0.39, 0.29) is 10.8 Å². The smallest absolute Gasteiger partial charge is 0.154 e. The predicted octanol–water partition coefficient (Wildman–Crippen LogP) is 1.56. The Bertz CT molecular complexity index is 429. The van der Waals surface area contributed by atoms with E-state index in [4.69, 9.17) is 0 Å². The summed E-state index contributed by atoms with van der Waals surface area (Å²) in [6.45, 7) is 3.97. The molecule has 0 amide bonds. The molecule has 1 unspecified atom stereocenters. The van der Waals surface area contributed by atoms with Crippen LogP contribution in [0, 0.1) is 0 Å². The standard InChI is InChI=1S/C15H28N2O2S/c18-20(19)11-4-6-14(20)12-17-10-5-9-16-15(13-17)7-2-1-3-8-15/h14,16H,1-13H2. The van der Waals surface area contributed by atoms with Crippen molar-refractivity contribution in [2.45, 2.75) is 62.2 Å². The molecule has 2 heterocycles. The fourth-order valence-corrected chi connectivity index (χ4v) is 6.16. The van der Waals surface area contributed by atoms with Crippen LogP contribution in [-0.4, -0.2) is 56.0 Å². The van der Waals surface area contributed by atoms with E-state index in [0.29, 0.717) is 5.75 Å². The number of nitrogens with one attached hydrogen (secondary N) is 1. The molecule has 20 heavy (non-hydrogen) atoms. The molecular weight excluding hydrogens is 272 g/mol. The van der Waals surface area contributed by atoms with Gasteiger partial charge in [-0.15, -0.1) is 0 Å². The maximum atomic E-state index is 12.0. The number of hydrogen-bond acceptors (Lipinski definition) is 4. The van der Waals surface area contributed by atoms with E-state index >= 15 is 0 Å². The van der Waals surface area contributed by atoms with Crippen molar-refractivity contribution >= 4 is 9.84 Å². The van der Waals surface area contributed by atoms with Crippen molar-refractivity contribution in [3.05, 3.63) is 0 Å². The van der Waals surface area contributed by atoms with Crippen LogP contribution in [0.4, 0.5) is 0 Å². The lowest BCUT2D eigenvalue weighted by molar-refractivity contribution is 0.163. The van der Waals surface area contributed by atoms with Crippen LogP contribution in [0.5, 0.6) is 0 Å². The molecule has 2 saturated heterocycles. The minimum absolute atomic E-state index is 0.0961. The second-order valence-corrected chi connectivity index (χ2v) is 9.39. The van der Waals surface area contributed by atoms with Crippen LogP contribution in [0.15, 0.2) is 0 Å². The fourth-order valence-electron chi connectivity index (χ4n) is 4.29. The molecule has 3 rings (SSSR count). The molecule has 3 fully saturated rings. The molecule has 0 aromatic heterocycles. The average Bonchev–Trinajstić information content (AvgIpc) is 2.63. The summed E-state index contributed by atoms with van der Waals surface area (Å²) in [6, 6.07) is 0. The lowest BCUT2D eigenvalue weighted by Gasteiger charge is -2.40. The van der Waals surface area contributed by atoms with E-state index in [2.05, 4.69) is 10.2 Å². The first kappa shape index (κ1) is 14.8. The van der Waals surface area contributed by atoms with Crippen molar-refractivity contribution in [1.82, 2.24) is 10.2 Å². The van der Waals surface area contributed by atoms with Gasteiger partial charge in [0.05, 0.1) is 11.0 Å². The van der Waals surface area contributed by atoms with E-state index in [0.717, 1.165) is 45.4 Å². The SMILES string of the molecule is O=S1(=O)CCCC1CN1CCCNC2(CCCCC2)C1. The fraction of sp³-hybridized carbons (Fsp3) is 1.00. The molecule has 1 N–H and O–H groups in total. The molecule has 1 aliphatic carbocycles. The van der Waals surface area contributed by atoms with Gasteiger partial charge in [0, 0.05) is 18.6 Å². The summed E-state index contributed by atoms with van der Waals surface area (Å²) < 4.78 is 24.1. The molecule has 1 atom stereocenters. The highest BCUT2D eigenvalue weighted by Gasteiger charge is 2.38. The zero-order valence-corrected chi connectivity index (χ0v) is 13.3. The van der Waals surface area contributed by atoms with Crippen LogP contribution in [0.25, 0.3) is 0 Å². The van der Waals surface area contributed by atoms with Gasteiger partial charge >= 0.3 is 0 Å². The first-order valence-corrected chi connectivity index (χ1v) is 10.0. The van der Waals surface area contributed by atoms with Gasteiger partial charge in [0.2, 0.25) is 0 Å². The summed E-state index contributed by atoms with van der Waals surface area (Å²) in [5, 5.41) is 3.69. The van der Waals surface area contributed by atoms with Crippen LogP contribution in [0.2, 0.25) is 0 Å². The van der Waals surface area contributed by atoms with Crippen LogP contribution in [-0.2, 0) is 9.84 Å². The maximum absolute atomic E-state index is 12.0. The summed E-state index contributed by atoms with van der Waals surface area (Å²) in [7, 11) is -2.80. The quantitative estimate of drug-likeness (QED) is 0.841. The second-order valence-electron chi connectivity index (χ2n) is 6.99. The van der Waals surface area contributed by atoms with Crippen molar-refractivity contribution in [3.8, 4) is 0 Å². The molecule has 0 bridgehead atoms. The Balaban J connectivity index is 1.66. The van der Waals surface area contributed by atoms with Crippen molar-refractivity contribution in [2.75, 3.05) is 31.9 Å². The van der Waals surface area contributed by atoms with Crippen LogP contribution >= 0.6 is 0 Å². The Hall–Kier alpha value is -0.130. The van der Waals surface area contributed by atoms with Crippen LogP contribution in [0.3, 0.4) is 0 Å². The Kier molecular flexibility index (Phi) is 4.39. The molecule has 2 aliphatic heterocycles. The minimum atomic E-state index is -2.80. The van der Waals surface area contributed by atoms with E-state index in [1.54, 1.807) is 0 Å². The highest BCUT2D eigenvalue weighted by molar-refractivity contribution is 7.92. The second kappa shape index (κ2) is 5.93. The number of sulfone groups is 1. The van der Waals surface area contributed by atoms with Crippen LogP contribution < -0.4 is 5.32 Å². The van der Waals surface area contributed by atoms with Gasteiger partial charge in [0.1, 0.15) is 0 Å². The van der Waals surface area contributed by atoms with Gasteiger partial charge in [-0.05, 0) is 45.2 Å². The molecule has 0 aromatic carbocycles. The van der Waals surface area contributed by atoms with Gasteiger partial charge in [-0.3, -0.25) is 0 Å². The van der Waals surface area contributed by atoms with Gasteiger partial charge < -0.3 is 10.2 Å². The Morgan fingerprint density at radius 1 is 1.10 bits per heavy atom. The predicted molar refractivity (Wildman–Crippen MR) is 81.7 cm³/mol. The van der Waals surface area contributed by atoms with Crippen molar-refractivity contribution < 1.29 is 8.42 Å². The monoisotopic (exact) mass is 300 g/mol. The first-order valence-electron chi connectivity index (χ1n) is 8.29. The van der Waals surface area contributed by atoms with Crippen molar-refractivity contribution in [3.63, 3.8) is 0 Å². The van der Waals surface area contributed by atoms with Gasteiger partial charge in [-0.1, -0.05) is 19.3 Å². The third kappa shape index (κ3) is 3.20. The molecule has 0 radical (unpaired) electrons. The summed E-state index contributed by atoms with van der Waals surface area (Å²) in [5.41, 5.74) is 0.275. The number of rotatable bonds is 2. The molecule has 5 heteroatoms. The lowest BCUT2D eigenvalue weighted by Crippen LogP contribution is -2.53. The maximum Gasteiger partial charge on any atom is 0.154 e. The number of hydrogen-bond donors (Lipinski definition) is 1. The molecule has 116 valence electrons. The summed E-state index contributed by atoms with van der Waals surface area (Å²) in [5.74, 6) is 0.412. The lowest BCUT2D eigenvalue weighted by atomic mass is 9.81. The molecule has 3 aliphatic rings. The largest absolute Gasteiger partial charge is 0.310 e. The molecule has 4 nitrogen and oxygen atoms in total. The Morgan fingerprint density at radius 2 is 1.90 bits per heavy atom. The normalized spacial score (nSPS) is 34.1. The third-order valence-electron chi connectivity index (χ3n) is 5.41. The average molecular weight is 300 g/mol. The first-order chi connectivity index (χ1) is 9.60. The van der Waals surface area contributed by atoms with E-state index in [1.165, 1.54) is 32.1 Å². The van der Waals surface area contributed by atoms with Gasteiger partial charge in [-0.2, -0.15) is 0 Å². The molecule has 0 aromatic rings. The van der Waals surface area contributed by atoms with Crippen molar-refractivity contribution in [2.24, 2.45) is 0 Å². The van der Waals surface area contributed by atoms with Gasteiger partial charge in [0.25, 0.3) is 0 Å². The summed E-state index contributed by atoms with van der Waals surface area (Å²) in [4.78, 5) is 2.44. The third-order valence-corrected chi connectivity index (χ3v) is 7.67. The zero-order valence-electron chi connectivity index (χ0n) is 12.4. The molecule has 1 saturated carbocycles. The van der Waals surface area contributed by atoms with E-state index in [1.807, 2.05) is 0 Å². The van der Waals surface area contributed by atoms with E-state index in [9.17, 15) is 8.42 Å². The molecule has 1 spiro atoms. The summed E-state index contributed by atoms with van der Waals surface area (Å²) in [6.07, 6.45) is 9.42. The highest BCUT2D eigenvalue weighted by Crippen LogP contribution is 2.31.